The van der Waals surface area contributed by atoms with Gasteiger partial charge in [0.05, 0.1) is 48.4 Å². The van der Waals surface area contributed by atoms with Gasteiger partial charge in [-0.2, -0.15) is 23.5 Å². The predicted octanol–water partition coefficient (Wildman–Crippen LogP) is 9.99. The van der Waals surface area contributed by atoms with E-state index in [1.165, 1.54) is 47.6 Å². The molecular formula is C55H66N8O6S2. The van der Waals surface area contributed by atoms with Crippen LogP contribution in [0.2, 0.25) is 0 Å². The van der Waals surface area contributed by atoms with Gasteiger partial charge in [-0.05, 0) is 155 Å². The molecule has 0 saturated carbocycles. The van der Waals surface area contributed by atoms with Crippen molar-refractivity contribution in [2.75, 3.05) is 51.3 Å². The van der Waals surface area contributed by atoms with Gasteiger partial charge in [0.2, 0.25) is 11.8 Å². The second-order valence-electron chi connectivity index (χ2n) is 19.9. The molecule has 12 rings (SSSR count). The summed E-state index contributed by atoms with van der Waals surface area (Å²) in [5, 5.41) is 5.56. The first-order valence-corrected chi connectivity index (χ1v) is 27.7. The van der Waals surface area contributed by atoms with Gasteiger partial charge in [0, 0.05) is 13.1 Å². The quantitative estimate of drug-likeness (QED) is 0.0822. The fourth-order valence-electron chi connectivity index (χ4n) is 10.9. The summed E-state index contributed by atoms with van der Waals surface area (Å²) in [6.45, 7) is 7.79. The Kier molecular flexibility index (Phi) is 15.3. The summed E-state index contributed by atoms with van der Waals surface area (Å²) >= 11 is 3.28. The van der Waals surface area contributed by atoms with Gasteiger partial charge in [0.1, 0.15) is 23.7 Å². The van der Waals surface area contributed by atoms with Crippen LogP contribution in [0.15, 0.2) is 72.8 Å². The van der Waals surface area contributed by atoms with Gasteiger partial charge in [-0.3, -0.25) is 9.59 Å². The largest absolute Gasteiger partial charge is 0.453 e. The van der Waals surface area contributed by atoms with Crippen molar-refractivity contribution >= 4 is 69.6 Å². The zero-order valence-corrected chi connectivity index (χ0v) is 43.4. The second-order valence-corrected chi connectivity index (χ2v) is 21.8. The van der Waals surface area contributed by atoms with E-state index in [4.69, 9.17) is 19.4 Å². The molecule has 374 valence electrons. The Balaban J connectivity index is 0.958. The average Bonchev–Trinajstić information content (AvgIpc) is 4.19. The van der Waals surface area contributed by atoms with E-state index in [9.17, 15) is 19.2 Å². The van der Waals surface area contributed by atoms with Crippen molar-refractivity contribution < 1.29 is 28.7 Å². The van der Waals surface area contributed by atoms with Crippen LogP contribution in [-0.4, -0.2) is 117 Å². The lowest BCUT2D eigenvalue weighted by molar-refractivity contribution is -0.135. The van der Waals surface area contributed by atoms with E-state index >= 15 is 0 Å². The number of fused-ring (bicyclic) bond motifs is 2. The topological polar surface area (TPSA) is 175 Å². The van der Waals surface area contributed by atoms with Crippen LogP contribution in [-0.2, 0) is 38.3 Å². The molecule has 6 aliphatic rings. The van der Waals surface area contributed by atoms with Gasteiger partial charge in [0.15, 0.2) is 0 Å². The summed E-state index contributed by atoms with van der Waals surface area (Å²) < 4.78 is 9.74. The molecule has 14 nitrogen and oxygen atoms in total. The number of H-pyrrole nitrogens is 2. The molecule has 4 bridgehead atoms. The number of carbonyl (C=O) groups is 4. The normalized spacial score (nSPS) is 20.7. The number of thioether (sulfide) groups is 2. The Morgan fingerprint density at radius 3 is 1.68 bits per heavy atom. The lowest BCUT2D eigenvalue weighted by Crippen LogP contribution is -2.49. The number of aryl methyl sites for hydroxylation is 2. The molecule has 0 spiro atoms. The standard InChI is InChI=1S/C55H66N8O6S2/c1-31-22-48(62(29-31)52(64)44(18-20-70-6)60-54(66)68-4)50-56-42-16-14-38(27-46(42)58-50)40-25-34-8-10-35-12-13-36(33(3)24-37(40)11-9-34)26-41(35)39-15-17-43-47(28-39)59-51(57-43)49-23-32(2)30-63(49)53(65)45(19-21-71-7)61-55(67)69-5/h9,11-17,25-28,31-33,44-45,48-49H,8,10,18-24,29-30H2,1-7H3,(H,56,58)(H,57,59)(H,60,66)(H,61,67). The van der Waals surface area contributed by atoms with Gasteiger partial charge in [-0.15, -0.1) is 0 Å². The number of benzene rings is 4. The minimum atomic E-state index is -0.677. The second kappa shape index (κ2) is 21.8. The van der Waals surface area contributed by atoms with Crippen LogP contribution < -0.4 is 10.6 Å². The monoisotopic (exact) mass is 998 g/mol. The number of hydrogen-bond acceptors (Lipinski definition) is 10. The maximum absolute atomic E-state index is 14.0. The number of aromatic amines is 2. The summed E-state index contributed by atoms with van der Waals surface area (Å²) in [7, 11) is 2.63. The van der Waals surface area contributed by atoms with Crippen LogP contribution in [0.25, 0.3) is 44.3 Å². The van der Waals surface area contributed by atoms with Crippen LogP contribution in [0.1, 0.15) is 98.4 Å². The van der Waals surface area contributed by atoms with Crippen LogP contribution in [0.5, 0.6) is 0 Å². The van der Waals surface area contributed by atoms with Crippen molar-refractivity contribution in [1.29, 1.82) is 0 Å². The molecule has 4 amide bonds. The first kappa shape index (κ1) is 50.0. The number of aromatic nitrogens is 4. The van der Waals surface area contributed by atoms with Crippen molar-refractivity contribution in [1.82, 2.24) is 40.4 Å². The molecule has 4 aromatic carbocycles. The third-order valence-corrected chi connectivity index (χ3v) is 16.0. The highest BCUT2D eigenvalue weighted by Crippen LogP contribution is 2.40. The number of amides is 4. The van der Waals surface area contributed by atoms with E-state index in [2.05, 4.69) is 114 Å². The van der Waals surface area contributed by atoms with E-state index in [0.717, 1.165) is 88.5 Å². The first-order chi connectivity index (χ1) is 34.3. The van der Waals surface area contributed by atoms with E-state index in [1.54, 1.807) is 23.5 Å². The number of nitrogens with zero attached hydrogens (tertiary/aromatic N) is 4. The number of alkyl carbamates (subject to hydrolysis) is 2. The summed E-state index contributed by atoms with van der Waals surface area (Å²) in [5.41, 5.74) is 13.3. The van der Waals surface area contributed by atoms with Crippen LogP contribution in [0.4, 0.5) is 9.59 Å². The predicted molar refractivity (Wildman–Crippen MR) is 284 cm³/mol. The third kappa shape index (κ3) is 10.8. The van der Waals surface area contributed by atoms with Crippen LogP contribution >= 0.6 is 23.5 Å². The highest BCUT2D eigenvalue weighted by Gasteiger charge is 2.41. The lowest BCUT2D eigenvalue weighted by Gasteiger charge is -2.28. The van der Waals surface area contributed by atoms with Crippen LogP contribution in [0, 0.1) is 11.8 Å². The van der Waals surface area contributed by atoms with E-state index in [1.807, 2.05) is 22.3 Å². The Bertz CT molecular complexity index is 2940. The minimum Gasteiger partial charge on any atom is -0.453 e. The molecule has 71 heavy (non-hydrogen) atoms. The van der Waals surface area contributed by atoms with Crippen molar-refractivity contribution in [2.24, 2.45) is 11.8 Å². The molecule has 16 heteroatoms. The van der Waals surface area contributed by atoms with Gasteiger partial charge >= 0.3 is 12.2 Å². The molecule has 4 N–H and O–H groups in total. The van der Waals surface area contributed by atoms with Gasteiger partial charge in [-0.25, -0.2) is 19.6 Å². The summed E-state index contributed by atoms with van der Waals surface area (Å²) in [4.78, 5) is 73.7. The van der Waals surface area contributed by atoms with Gasteiger partial charge in [0.25, 0.3) is 0 Å². The molecule has 2 aliphatic heterocycles. The molecule has 7 unspecified atom stereocenters. The smallest absolute Gasteiger partial charge is 0.407 e. The number of hydrogen-bond donors (Lipinski definition) is 4. The SMILES string of the molecule is COC(=O)NC(CCSC)C(=O)N1CC(C)CC1c1nc2ccc(-c3cc4ccc3CCc3ccc(c(-c5ccc6nc(C7CC(C)CN7C(=O)C(CCSC)NC(=O)OC)[nH]c6c5)c3)CC4C)cc2[nH]1. The number of carbonyl (C=O) groups excluding carboxylic acids is 4. The number of ether oxygens (including phenoxy) is 2. The van der Waals surface area contributed by atoms with E-state index in [-0.39, 0.29) is 41.7 Å². The molecule has 2 fully saturated rings. The van der Waals surface area contributed by atoms with Crippen molar-refractivity contribution in [3.05, 3.63) is 107 Å². The Morgan fingerprint density at radius 1 is 0.662 bits per heavy atom. The van der Waals surface area contributed by atoms with Crippen molar-refractivity contribution in [3.8, 4) is 22.3 Å². The summed E-state index contributed by atoms with van der Waals surface area (Å²) in [6.07, 6.45) is 7.91. The number of nitrogens with one attached hydrogen (secondary N) is 4. The molecule has 2 saturated heterocycles. The summed E-state index contributed by atoms with van der Waals surface area (Å²) in [5.74, 6) is 3.53. The minimum absolute atomic E-state index is 0.112. The molecule has 0 radical (unpaired) electrons. The zero-order chi connectivity index (χ0) is 49.9. The Hall–Kier alpha value is -6.00. The fraction of sp³-hybridized carbons (Fsp3) is 0.455. The molecule has 4 aliphatic carbocycles. The van der Waals surface area contributed by atoms with Gasteiger partial charge < -0.3 is 39.9 Å². The lowest BCUT2D eigenvalue weighted by atomic mass is 9.84. The molecule has 2 aromatic heterocycles. The number of rotatable bonds is 14. The zero-order valence-electron chi connectivity index (χ0n) is 41.8. The number of likely N-dealkylation sites (tertiary alicyclic amines) is 2. The number of imidazole rings is 2. The molecule has 4 heterocycles. The Morgan fingerprint density at radius 2 is 1.17 bits per heavy atom. The maximum atomic E-state index is 14.0. The average molecular weight is 999 g/mol. The Labute approximate surface area is 424 Å². The maximum Gasteiger partial charge on any atom is 0.407 e. The summed E-state index contributed by atoms with van der Waals surface area (Å²) in [6, 6.07) is 25.0. The molecular weight excluding hydrogens is 933 g/mol. The first-order valence-electron chi connectivity index (χ1n) is 24.9. The molecule has 7 atom stereocenters. The van der Waals surface area contributed by atoms with Crippen molar-refractivity contribution in [2.45, 2.75) is 95.8 Å². The highest BCUT2D eigenvalue weighted by atomic mass is 32.2. The van der Waals surface area contributed by atoms with Crippen LogP contribution in [0.3, 0.4) is 0 Å². The van der Waals surface area contributed by atoms with Crippen molar-refractivity contribution in [3.63, 3.8) is 0 Å². The van der Waals surface area contributed by atoms with Gasteiger partial charge in [-0.1, -0.05) is 69.3 Å². The van der Waals surface area contributed by atoms with E-state index in [0.29, 0.717) is 25.9 Å². The highest BCUT2D eigenvalue weighted by molar-refractivity contribution is 7.98. The molecule has 6 aromatic rings. The fourth-order valence-corrected chi connectivity index (χ4v) is 11.9. The van der Waals surface area contributed by atoms with E-state index < -0.39 is 24.3 Å². The third-order valence-electron chi connectivity index (χ3n) is 14.7. The number of methoxy groups -OCH3 is 2.